The Hall–Kier alpha value is -3.02. The number of hydrogen-bond donors (Lipinski definition) is 1. The van der Waals surface area contributed by atoms with E-state index in [4.69, 9.17) is 4.98 Å². The van der Waals surface area contributed by atoms with E-state index < -0.39 is 0 Å². The van der Waals surface area contributed by atoms with E-state index in [0.717, 1.165) is 42.0 Å². The molecule has 1 atom stereocenters. The number of amides is 1. The highest BCUT2D eigenvalue weighted by atomic mass is 19.1. The lowest BCUT2D eigenvalue weighted by Crippen LogP contribution is -2.39. The zero-order chi connectivity index (χ0) is 18.8. The van der Waals surface area contributed by atoms with Crippen LogP contribution in [0.15, 0.2) is 48.7 Å². The van der Waals surface area contributed by atoms with E-state index in [2.05, 4.69) is 10.2 Å². The molecule has 0 bridgehead atoms. The van der Waals surface area contributed by atoms with Crippen LogP contribution < -0.4 is 0 Å². The van der Waals surface area contributed by atoms with E-state index in [1.807, 2.05) is 36.1 Å². The molecule has 0 saturated carbocycles. The van der Waals surface area contributed by atoms with Crippen molar-refractivity contribution in [2.24, 2.45) is 0 Å². The Morgan fingerprint density at radius 3 is 2.89 bits per heavy atom. The van der Waals surface area contributed by atoms with Crippen LogP contribution in [0.3, 0.4) is 0 Å². The quantitative estimate of drug-likeness (QED) is 0.766. The fraction of sp³-hybridized carbons (Fsp3) is 0.286. The van der Waals surface area contributed by atoms with Gasteiger partial charge >= 0.3 is 0 Å². The van der Waals surface area contributed by atoms with Gasteiger partial charge in [0.1, 0.15) is 5.82 Å². The fourth-order valence-electron chi connectivity index (χ4n) is 3.63. The third kappa shape index (κ3) is 3.60. The molecule has 1 aromatic carbocycles. The highest BCUT2D eigenvalue weighted by Gasteiger charge is 2.27. The number of carbonyl (C=O) groups excluding carboxylic acids is 1. The minimum absolute atomic E-state index is 0.00670. The average Bonchev–Trinajstić information content (AvgIpc) is 3.13. The maximum absolute atomic E-state index is 13.5. The number of pyridine rings is 1. The van der Waals surface area contributed by atoms with Gasteiger partial charge in [0.2, 0.25) is 0 Å². The van der Waals surface area contributed by atoms with Gasteiger partial charge in [-0.25, -0.2) is 4.39 Å². The molecular weight excluding hydrogens is 343 g/mol. The van der Waals surface area contributed by atoms with E-state index in [0.29, 0.717) is 12.1 Å². The first-order valence-corrected chi connectivity index (χ1v) is 9.14. The zero-order valence-corrected chi connectivity index (χ0v) is 15.2. The normalized spacial score (nSPS) is 17.1. The predicted octanol–water partition coefficient (Wildman–Crippen LogP) is 3.94. The smallest absolute Gasteiger partial charge is 0.257 e. The summed E-state index contributed by atoms with van der Waals surface area (Å²) >= 11 is 0. The minimum Gasteiger partial charge on any atom is -0.338 e. The van der Waals surface area contributed by atoms with Crippen molar-refractivity contribution in [3.05, 3.63) is 71.4 Å². The molecule has 5 nitrogen and oxygen atoms in total. The van der Waals surface area contributed by atoms with Crippen LogP contribution in [0.2, 0.25) is 0 Å². The van der Waals surface area contributed by atoms with Crippen molar-refractivity contribution in [1.29, 1.82) is 0 Å². The largest absolute Gasteiger partial charge is 0.338 e. The summed E-state index contributed by atoms with van der Waals surface area (Å²) in [6, 6.07) is 12.3. The van der Waals surface area contributed by atoms with E-state index in [-0.39, 0.29) is 17.6 Å². The van der Waals surface area contributed by atoms with Crippen molar-refractivity contribution >= 4 is 5.91 Å². The number of aromatic nitrogens is 3. The first kappa shape index (κ1) is 17.4. The molecule has 4 rings (SSSR count). The Kier molecular flexibility index (Phi) is 4.71. The number of nitrogens with zero attached hydrogens (tertiary/aromatic N) is 3. The lowest BCUT2D eigenvalue weighted by atomic mass is 9.93. The van der Waals surface area contributed by atoms with Crippen molar-refractivity contribution in [2.45, 2.75) is 25.7 Å². The number of nitrogens with one attached hydrogen (secondary N) is 1. The number of aromatic amines is 1. The van der Waals surface area contributed by atoms with Crippen molar-refractivity contribution in [3.8, 4) is 11.3 Å². The van der Waals surface area contributed by atoms with Crippen LogP contribution in [0.4, 0.5) is 4.39 Å². The molecule has 1 amide bonds. The second kappa shape index (κ2) is 7.31. The highest BCUT2D eigenvalue weighted by molar-refractivity contribution is 5.95. The maximum Gasteiger partial charge on any atom is 0.257 e. The summed E-state index contributed by atoms with van der Waals surface area (Å²) in [5.41, 5.74) is 3.86. The number of benzene rings is 1. The van der Waals surface area contributed by atoms with E-state index in [1.54, 1.807) is 12.3 Å². The molecule has 0 radical (unpaired) electrons. The number of H-pyrrole nitrogens is 1. The summed E-state index contributed by atoms with van der Waals surface area (Å²) in [5, 5.41) is 6.77. The number of aryl methyl sites for hydroxylation is 1. The van der Waals surface area contributed by atoms with Gasteiger partial charge in [-0.1, -0.05) is 18.2 Å². The lowest BCUT2D eigenvalue weighted by molar-refractivity contribution is 0.0705. The van der Waals surface area contributed by atoms with Crippen molar-refractivity contribution in [2.75, 3.05) is 13.1 Å². The molecule has 3 heterocycles. The molecule has 2 aromatic heterocycles. The lowest BCUT2D eigenvalue weighted by Gasteiger charge is -2.32. The molecule has 27 heavy (non-hydrogen) atoms. The third-order valence-corrected chi connectivity index (χ3v) is 5.08. The molecule has 1 fully saturated rings. The Balaban J connectivity index is 1.56. The highest BCUT2D eigenvalue weighted by Crippen LogP contribution is 2.28. The summed E-state index contributed by atoms with van der Waals surface area (Å²) in [6.45, 7) is 3.22. The molecule has 0 spiro atoms. The van der Waals surface area contributed by atoms with E-state index >= 15 is 0 Å². The molecular formula is C21H21FN4O. The van der Waals surface area contributed by atoms with Crippen LogP contribution in [0.1, 0.15) is 40.5 Å². The van der Waals surface area contributed by atoms with Crippen molar-refractivity contribution in [3.63, 3.8) is 0 Å². The molecule has 1 saturated heterocycles. The van der Waals surface area contributed by atoms with Gasteiger partial charge in [-0.2, -0.15) is 5.10 Å². The van der Waals surface area contributed by atoms with Crippen LogP contribution in [-0.2, 0) is 0 Å². The first-order chi connectivity index (χ1) is 13.1. The molecule has 1 aliphatic rings. The van der Waals surface area contributed by atoms with Gasteiger partial charge in [-0.3, -0.25) is 14.9 Å². The Morgan fingerprint density at radius 2 is 2.11 bits per heavy atom. The third-order valence-electron chi connectivity index (χ3n) is 5.08. The van der Waals surface area contributed by atoms with Gasteiger partial charge in [0.05, 0.1) is 17.5 Å². The average molecular weight is 364 g/mol. The van der Waals surface area contributed by atoms with Crippen LogP contribution >= 0.6 is 0 Å². The van der Waals surface area contributed by atoms with Gasteiger partial charge < -0.3 is 4.90 Å². The number of halogens is 1. The minimum atomic E-state index is -0.273. The van der Waals surface area contributed by atoms with Gasteiger partial charge in [-0.05, 0) is 44.0 Å². The molecule has 6 heteroatoms. The standard InChI is InChI=1S/C21H21FN4O/c1-14-18(12-23-25-14)21(27)26-10-4-6-16(13-26)20-9-3-8-19(24-20)15-5-2-7-17(22)11-15/h2-3,5,7-9,11-12,16H,4,6,10,13H2,1H3,(H,23,25)/t16-/m1/s1. The van der Waals surface area contributed by atoms with Gasteiger partial charge in [0, 0.05) is 36.0 Å². The molecule has 0 aliphatic carbocycles. The maximum atomic E-state index is 13.5. The SMILES string of the molecule is Cc1[nH]ncc1C(=O)N1CCC[C@@H](c2cccc(-c3cccc(F)c3)n2)C1. The van der Waals surface area contributed by atoms with E-state index in [1.165, 1.54) is 12.1 Å². The topological polar surface area (TPSA) is 61.9 Å². The van der Waals surface area contributed by atoms with Crippen molar-refractivity contribution in [1.82, 2.24) is 20.1 Å². The van der Waals surface area contributed by atoms with E-state index in [9.17, 15) is 9.18 Å². The molecule has 138 valence electrons. The number of piperidine rings is 1. The van der Waals surface area contributed by atoms with Gasteiger partial charge in [0.15, 0.2) is 0 Å². The summed E-state index contributed by atoms with van der Waals surface area (Å²) in [6.07, 6.45) is 3.50. The number of rotatable bonds is 3. The number of hydrogen-bond acceptors (Lipinski definition) is 3. The summed E-state index contributed by atoms with van der Waals surface area (Å²) in [7, 11) is 0. The number of carbonyl (C=O) groups is 1. The Morgan fingerprint density at radius 1 is 1.26 bits per heavy atom. The first-order valence-electron chi connectivity index (χ1n) is 9.14. The van der Waals surface area contributed by atoms with Gasteiger partial charge in [0.25, 0.3) is 5.91 Å². The van der Waals surface area contributed by atoms with Gasteiger partial charge in [-0.15, -0.1) is 0 Å². The van der Waals surface area contributed by atoms with Crippen LogP contribution in [0.25, 0.3) is 11.3 Å². The molecule has 3 aromatic rings. The monoisotopic (exact) mass is 364 g/mol. The number of likely N-dealkylation sites (tertiary alicyclic amines) is 1. The van der Waals surface area contributed by atoms with Crippen LogP contribution in [0.5, 0.6) is 0 Å². The van der Waals surface area contributed by atoms with Crippen LogP contribution in [-0.4, -0.2) is 39.1 Å². The Bertz CT molecular complexity index is 968. The van der Waals surface area contributed by atoms with Crippen LogP contribution in [0, 0.1) is 12.7 Å². The molecule has 1 aliphatic heterocycles. The molecule has 1 N–H and O–H groups in total. The Labute approximate surface area is 157 Å². The second-order valence-corrected chi connectivity index (χ2v) is 6.96. The predicted molar refractivity (Wildman–Crippen MR) is 101 cm³/mol. The fourth-order valence-corrected chi connectivity index (χ4v) is 3.63. The zero-order valence-electron chi connectivity index (χ0n) is 15.2. The van der Waals surface area contributed by atoms with Crippen molar-refractivity contribution < 1.29 is 9.18 Å². The summed E-state index contributed by atoms with van der Waals surface area (Å²) < 4.78 is 13.5. The summed E-state index contributed by atoms with van der Waals surface area (Å²) in [4.78, 5) is 19.4. The second-order valence-electron chi connectivity index (χ2n) is 6.96. The summed E-state index contributed by atoms with van der Waals surface area (Å²) in [5.74, 6) is -0.0970. The molecule has 0 unspecified atom stereocenters.